The van der Waals surface area contributed by atoms with E-state index in [1.165, 1.54) is 6.33 Å². The summed E-state index contributed by atoms with van der Waals surface area (Å²) in [5, 5.41) is 4.69. The van der Waals surface area contributed by atoms with Crippen LogP contribution in [0.15, 0.2) is 35.6 Å². The van der Waals surface area contributed by atoms with Crippen molar-refractivity contribution in [2.24, 2.45) is 4.99 Å². The predicted molar refractivity (Wildman–Crippen MR) is 138 cm³/mol. The van der Waals surface area contributed by atoms with E-state index in [4.69, 9.17) is 43.8 Å². The predicted octanol–water partition coefficient (Wildman–Crippen LogP) is 3.93. The third-order valence-electron chi connectivity index (χ3n) is 5.22. The SMILES string of the molecule is C#Cc1c(Cl)ccc(Nc2ncnc3cc(OCCOC)c(OC(C)N4C=NCC4)cc23)c1Cl.O. The van der Waals surface area contributed by atoms with Crippen LogP contribution in [0.4, 0.5) is 11.5 Å². The van der Waals surface area contributed by atoms with E-state index in [-0.39, 0.29) is 11.7 Å². The smallest absolute Gasteiger partial charge is 0.170 e. The highest BCUT2D eigenvalue weighted by Gasteiger charge is 2.20. The molecule has 0 saturated heterocycles. The fourth-order valence-electron chi connectivity index (χ4n) is 3.43. The number of aliphatic imine (C=N–C) groups is 1. The van der Waals surface area contributed by atoms with Gasteiger partial charge in [0.1, 0.15) is 18.8 Å². The summed E-state index contributed by atoms with van der Waals surface area (Å²) < 4.78 is 17.3. The van der Waals surface area contributed by atoms with Gasteiger partial charge >= 0.3 is 0 Å². The van der Waals surface area contributed by atoms with Gasteiger partial charge in [0.05, 0.1) is 46.3 Å². The number of hydrogen-bond acceptors (Lipinski definition) is 8. The van der Waals surface area contributed by atoms with Crippen LogP contribution in [-0.2, 0) is 4.74 Å². The molecule has 0 bridgehead atoms. The van der Waals surface area contributed by atoms with Crippen molar-refractivity contribution in [2.75, 3.05) is 38.7 Å². The van der Waals surface area contributed by atoms with Gasteiger partial charge in [-0.3, -0.25) is 4.99 Å². The van der Waals surface area contributed by atoms with E-state index in [2.05, 4.69) is 26.2 Å². The van der Waals surface area contributed by atoms with E-state index < -0.39 is 0 Å². The Morgan fingerprint density at radius 3 is 2.74 bits per heavy atom. The van der Waals surface area contributed by atoms with Gasteiger partial charge < -0.3 is 29.9 Å². The van der Waals surface area contributed by atoms with Crippen LogP contribution < -0.4 is 14.8 Å². The number of terminal acetylenes is 1. The highest BCUT2D eigenvalue weighted by Crippen LogP contribution is 2.38. The van der Waals surface area contributed by atoms with Crippen molar-refractivity contribution in [3.8, 4) is 23.8 Å². The van der Waals surface area contributed by atoms with E-state index in [9.17, 15) is 0 Å². The highest BCUT2D eigenvalue weighted by atomic mass is 35.5. The molecule has 3 aromatic rings. The van der Waals surface area contributed by atoms with Crippen molar-refractivity contribution >= 4 is 51.9 Å². The van der Waals surface area contributed by atoms with Gasteiger partial charge in [0.25, 0.3) is 0 Å². The quantitative estimate of drug-likeness (QED) is 0.337. The van der Waals surface area contributed by atoms with Gasteiger partial charge in [-0.05, 0) is 25.1 Å². The largest absolute Gasteiger partial charge is 0.487 e. The molecule has 0 spiro atoms. The second kappa shape index (κ2) is 11.9. The zero-order valence-corrected chi connectivity index (χ0v) is 20.7. The van der Waals surface area contributed by atoms with Crippen molar-refractivity contribution in [1.29, 1.82) is 0 Å². The molecule has 0 aliphatic carbocycles. The van der Waals surface area contributed by atoms with E-state index in [1.54, 1.807) is 25.6 Å². The lowest BCUT2D eigenvalue weighted by atomic mass is 10.1. The lowest BCUT2D eigenvalue weighted by Crippen LogP contribution is -2.34. The summed E-state index contributed by atoms with van der Waals surface area (Å²) in [6, 6.07) is 7.08. The number of nitrogens with zero attached hydrogens (tertiary/aromatic N) is 4. The molecule has 1 aliphatic rings. The van der Waals surface area contributed by atoms with Crippen molar-refractivity contribution in [2.45, 2.75) is 13.2 Å². The first-order chi connectivity index (χ1) is 16.5. The third-order valence-corrected chi connectivity index (χ3v) is 5.92. The molecule has 1 unspecified atom stereocenters. The van der Waals surface area contributed by atoms with E-state index >= 15 is 0 Å². The van der Waals surface area contributed by atoms with E-state index in [0.29, 0.717) is 62.7 Å². The number of ether oxygens (including phenoxy) is 3. The van der Waals surface area contributed by atoms with Crippen LogP contribution in [0.2, 0.25) is 10.0 Å². The van der Waals surface area contributed by atoms with Crippen LogP contribution in [0.3, 0.4) is 0 Å². The van der Waals surface area contributed by atoms with Gasteiger partial charge in [0, 0.05) is 25.1 Å². The number of halogens is 2. The maximum absolute atomic E-state index is 6.48. The van der Waals surface area contributed by atoms with E-state index in [1.807, 2.05) is 24.0 Å². The molecule has 11 heteroatoms. The molecule has 0 saturated carbocycles. The number of rotatable bonds is 9. The van der Waals surface area contributed by atoms with Gasteiger partial charge in [0.15, 0.2) is 17.7 Å². The Labute approximate surface area is 213 Å². The molecular formula is C24H25Cl2N5O4. The Morgan fingerprint density at radius 1 is 1.20 bits per heavy atom. The normalized spacial score (nSPS) is 13.3. The Balaban J connectivity index is 0.00000342. The minimum absolute atomic E-state index is 0. The zero-order chi connectivity index (χ0) is 24.1. The summed E-state index contributed by atoms with van der Waals surface area (Å²) in [6.45, 7) is 4.29. The third kappa shape index (κ3) is 5.86. The molecule has 4 rings (SSSR count). The number of hydrogen-bond donors (Lipinski definition) is 1. The lowest BCUT2D eigenvalue weighted by molar-refractivity contribution is 0.0970. The van der Waals surface area contributed by atoms with Crippen LogP contribution in [0.5, 0.6) is 11.5 Å². The molecule has 3 N–H and O–H groups in total. The Morgan fingerprint density at radius 2 is 2.03 bits per heavy atom. The highest BCUT2D eigenvalue weighted by molar-refractivity contribution is 6.38. The number of nitrogens with one attached hydrogen (secondary N) is 1. The van der Waals surface area contributed by atoms with Gasteiger partial charge in [-0.1, -0.05) is 29.1 Å². The minimum atomic E-state index is -0.251. The minimum Gasteiger partial charge on any atom is -0.487 e. The molecule has 1 aromatic heterocycles. The lowest BCUT2D eigenvalue weighted by Gasteiger charge is -2.25. The summed E-state index contributed by atoms with van der Waals surface area (Å²) in [7, 11) is 1.62. The van der Waals surface area contributed by atoms with Crippen LogP contribution >= 0.6 is 23.2 Å². The van der Waals surface area contributed by atoms with Gasteiger partial charge in [0.2, 0.25) is 0 Å². The first kappa shape index (κ1) is 26.3. The topological polar surface area (TPSA) is 113 Å². The monoisotopic (exact) mass is 517 g/mol. The Bertz CT molecular complexity index is 1260. The second-order valence-corrected chi connectivity index (χ2v) is 8.19. The molecule has 35 heavy (non-hydrogen) atoms. The van der Waals surface area contributed by atoms with Crippen molar-refractivity contribution in [3.63, 3.8) is 0 Å². The first-order valence-corrected chi connectivity index (χ1v) is 11.3. The number of benzene rings is 2. The summed E-state index contributed by atoms with van der Waals surface area (Å²) in [5.74, 6) is 4.14. The molecule has 1 aliphatic heterocycles. The van der Waals surface area contributed by atoms with Crippen LogP contribution in [-0.4, -0.2) is 66.3 Å². The Kier molecular flexibility index (Phi) is 8.95. The van der Waals surface area contributed by atoms with Crippen molar-refractivity contribution in [3.05, 3.63) is 46.2 Å². The first-order valence-electron chi connectivity index (χ1n) is 10.6. The molecule has 0 radical (unpaired) electrons. The van der Waals surface area contributed by atoms with Crippen molar-refractivity contribution < 1.29 is 19.7 Å². The molecule has 9 nitrogen and oxygen atoms in total. The molecule has 0 fully saturated rings. The maximum atomic E-state index is 6.48. The number of fused-ring (bicyclic) bond motifs is 1. The molecule has 1 atom stereocenters. The van der Waals surface area contributed by atoms with Crippen molar-refractivity contribution in [1.82, 2.24) is 14.9 Å². The van der Waals surface area contributed by atoms with Crippen LogP contribution in [0.1, 0.15) is 12.5 Å². The fraction of sp³-hybridized carbons (Fsp3) is 0.292. The molecular weight excluding hydrogens is 493 g/mol. The second-order valence-electron chi connectivity index (χ2n) is 7.41. The number of methoxy groups -OCH3 is 1. The molecule has 2 aromatic carbocycles. The molecule has 184 valence electrons. The van der Waals surface area contributed by atoms with E-state index in [0.717, 1.165) is 13.1 Å². The summed E-state index contributed by atoms with van der Waals surface area (Å²) in [6.07, 6.45) is 8.56. The average molecular weight is 518 g/mol. The zero-order valence-electron chi connectivity index (χ0n) is 19.2. The molecule has 0 amide bonds. The van der Waals surface area contributed by atoms with Crippen LogP contribution in [0, 0.1) is 12.3 Å². The molecule has 2 heterocycles. The van der Waals surface area contributed by atoms with Gasteiger partial charge in [-0.2, -0.15) is 0 Å². The summed E-state index contributed by atoms with van der Waals surface area (Å²) in [5.41, 5.74) is 1.64. The fourth-order valence-corrected chi connectivity index (χ4v) is 3.96. The summed E-state index contributed by atoms with van der Waals surface area (Å²) >= 11 is 12.6. The summed E-state index contributed by atoms with van der Waals surface area (Å²) in [4.78, 5) is 15.1. The maximum Gasteiger partial charge on any atom is 0.170 e. The van der Waals surface area contributed by atoms with Gasteiger partial charge in [-0.15, -0.1) is 6.42 Å². The average Bonchev–Trinajstić information content (AvgIpc) is 3.37. The standard InChI is InChI=1S/C24H23Cl2N5O3.H2O/c1-4-16-18(25)5-6-19(23(16)26)30-24-17-11-22(34-15(2)31-8-7-27-14-31)21(33-10-9-32-3)12-20(17)28-13-29-24;/h1,5-6,11-15H,7-10H2,2-3H3,(H,28,29,30);1H2. The van der Waals surface area contributed by atoms with Crippen LogP contribution in [0.25, 0.3) is 10.9 Å². The van der Waals surface area contributed by atoms with Gasteiger partial charge in [-0.25, -0.2) is 9.97 Å². The number of aromatic nitrogens is 2. The Hall–Kier alpha value is -3.29. The number of anilines is 2.